The van der Waals surface area contributed by atoms with E-state index in [4.69, 9.17) is 10.5 Å². The van der Waals surface area contributed by atoms with E-state index < -0.39 is 0 Å². The summed E-state index contributed by atoms with van der Waals surface area (Å²) in [6, 6.07) is 11.8. The van der Waals surface area contributed by atoms with Crippen LogP contribution in [0.3, 0.4) is 0 Å². The van der Waals surface area contributed by atoms with E-state index in [9.17, 15) is 4.79 Å². The van der Waals surface area contributed by atoms with Crippen LogP contribution >= 0.6 is 0 Å². The number of aromatic nitrogens is 1. The zero-order valence-corrected chi connectivity index (χ0v) is 12.9. The molecule has 2 aromatic rings. The van der Waals surface area contributed by atoms with Crippen molar-refractivity contribution in [2.24, 2.45) is 0 Å². The number of hydrogen-bond donors (Lipinski definition) is 1. The first-order valence-corrected chi connectivity index (χ1v) is 7.95. The van der Waals surface area contributed by atoms with E-state index in [2.05, 4.69) is 0 Å². The quantitative estimate of drug-likeness (QED) is 0.938. The van der Waals surface area contributed by atoms with E-state index in [-0.39, 0.29) is 11.6 Å². The van der Waals surface area contributed by atoms with E-state index >= 15 is 0 Å². The molecule has 1 aromatic carbocycles. The molecular weight excluding hydrogens is 276 g/mol. The molecule has 0 bridgehead atoms. The Balaban J connectivity index is 2.06. The van der Waals surface area contributed by atoms with Crippen molar-refractivity contribution in [3.63, 3.8) is 0 Å². The van der Waals surface area contributed by atoms with Crippen LogP contribution in [-0.2, 0) is 0 Å². The van der Waals surface area contributed by atoms with Gasteiger partial charge in [0, 0.05) is 6.04 Å². The molecule has 116 valence electrons. The highest BCUT2D eigenvalue weighted by molar-refractivity contribution is 5.62. The van der Waals surface area contributed by atoms with E-state index in [0.29, 0.717) is 12.3 Å². The lowest BCUT2D eigenvalue weighted by Crippen LogP contribution is -2.27. The summed E-state index contributed by atoms with van der Waals surface area (Å²) < 4.78 is 7.37. The first-order valence-electron chi connectivity index (χ1n) is 7.95. The molecule has 0 amide bonds. The molecule has 0 aliphatic heterocycles. The van der Waals surface area contributed by atoms with Gasteiger partial charge in [0.15, 0.2) is 0 Å². The number of nitrogens with zero attached hydrogens (tertiary/aromatic N) is 1. The molecule has 0 radical (unpaired) electrons. The van der Waals surface area contributed by atoms with E-state index in [0.717, 1.165) is 29.8 Å². The molecule has 0 saturated heterocycles. The number of benzene rings is 1. The summed E-state index contributed by atoms with van der Waals surface area (Å²) in [4.78, 5) is 12.5. The Morgan fingerprint density at radius 2 is 1.82 bits per heavy atom. The zero-order valence-electron chi connectivity index (χ0n) is 12.9. The summed E-state index contributed by atoms with van der Waals surface area (Å²) in [6.45, 7) is 2.61. The standard InChI is InChI=1S/C18H22N2O2/c1-2-22-15-9-7-13(8-10-15)17-12-11-16(19)18(21)20(17)14-5-3-4-6-14/h7-12,14H,2-6,19H2,1H3. The third-order valence-corrected chi connectivity index (χ3v) is 4.30. The van der Waals surface area contributed by atoms with Crippen molar-refractivity contribution in [2.75, 3.05) is 12.3 Å². The molecule has 3 rings (SSSR count). The second-order valence-corrected chi connectivity index (χ2v) is 5.74. The van der Waals surface area contributed by atoms with E-state index in [1.807, 2.05) is 41.8 Å². The Labute approximate surface area is 130 Å². The molecule has 0 atom stereocenters. The Bertz CT molecular complexity index is 698. The van der Waals surface area contributed by atoms with Gasteiger partial charge in [-0.3, -0.25) is 4.79 Å². The van der Waals surface area contributed by atoms with Crippen molar-refractivity contribution in [3.8, 4) is 17.0 Å². The van der Waals surface area contributed by atoms with Crippen LogP contribution in [0.1, 0.15) is 38.6 Å². The highest BCUT2D eigenvalue weighted by atomic mass is 16.5. The fourth-order valence-electron chi connectivity index (χ4n) is 3.22. The fourth-order valence-corrected chi connectivity index (χ4v) is 3.22. The van der Waals surface area contributed by atoms with Crippen molar-refractivity contribution < 1.29 is 4.74 Å². The SMILES string of the molecule is CCOc1ccc(-c2ccc(N)c(=O)n2C2CCCC2)cc1. The average Bonchev–Trinajstić information content (AvgIpc) is 3.05. The molecule has 1 aliphatic carbocycles. The Morgan fingerprint density at radius 1 is 1.14 bits per heavy atom. The van der Waals surface area contributed by atoms with Crippen molar-refractivity contribution in [3.05, 3.63) is 46.8 Å². The molecule has 0 unspecified atom stereocenters. The summed E-state index contributed by atoms with van der Waals surface area (Å²) in [5, 5.41) is 0. The maximum Gasteiger partial charge on any atom is 0.274 e. The lowest BCUT2D eigenvalue weighted by molar-refractivity contribution is 0.340. The minimum absolute atomic E-state index is 0.0710. The Hall–Kier alpha value is -2.23. The number of rotatable bonds is 4. The molecule has 1 aliphatic rings. The zero-order chi connectivity index (χ0) is 15.5. The smallest absolute Gasteiger partial charge is 0.274 e. The number of anilines is 1. The van der Waals surface area contributed by atoms with Gasteiger partial charge >= 0.3 is 0 Å². The highest BCUT2D eigenvalue weighted by Crippen LogP contribution is 2.33. The van der Waals surface area contributed by atoms with Crippen molar-refractivity contribution in [1.82, 2.24) is 4.57 Å². The van der Waals surface area contributed by atoms with Gasteiger partial charge in [-0.1, -0.05) is 12.8 Å². The van der Waals surface area contributed by atoms with Crippen molar-refractivity contribution in [1.29, 1.82) is 0 Å². The van der Waals surface area contributed by atoms with Crippen LogP contribution in [0.4, 0.5) is 5.69 Å². The molecule has 2 N–H and O–H groups in total. The van der Waals surface area contributed by atoms with Gasteiger partial charge in [0.2, 0.25) is 0 Å². The molecule has 22 heavy (non-hydrogen) atoms. The monoisotopic (exact) mass is 298 g/mol. The fraction of sp³-hybridized carbons (Fsp3) is 0.389. The van der Waals surface area contributed by atoms with Crippen LogP contribution < -0.4 is 16.0 Å². The van der Waals surface area contributed by atoms with Gasteiger partial charge in [-0.2, -0.15) is 0 Å². The van der Waals surface area contributed by atoms with Gasteiger partial charge in [0.05, 0.1) is 18.0 Å². The second kappa shape index (κ2) is 6.26. The second-order valence-electron chi connectivity index (χ2n) is 5.74. The molecule has 0 spiro atoms. The lowest BCUT2D eigenvalue weighted by Gasteiger charge is -2.20. The predicted molar refractivity (Wildman–Crippen MR) is 89.2 cm³/mol. The number of hydrogen-bond acceptors (Lipinski definition) is 3. The molecule has 4 heteroatoms. The topological polar surface area (TPSA) is 57.2 Å². The van der Waals surface area contributed by atoms with Gasteiger partial charge in [-0.15, -0.1) is 0 Å². The molecule has 1 saturated carbocycles. The largest absolute Gasteiger partial charge is 0.494 e. The highest BCUT2D eigenvalue weighted by Gasteiger charge is 2.21. The summed E-state index contributed by atoms with van der Waals surface area (Å²) in [6.07, 6.45) is 4.45. The molecule has 1 aromatic heterocycles. The van der Waals surface area contributed by atoms with Crippen LogP contribution in [0, 0.1) is 0 Å². The number of nitrogen functional groups attached to an aromatic ring is 1. The first-order chi connectivity index (χ1) is 10.7. The summed E-state index contributed by atoms with van der Waals surface area (Å²) in [5.41, 5.74) is 8.06. The summed E-state index contributed by atoms with van der Waals surface area (Å²) in [7, 11) is 0. The molecule has 1 fully saturated rings. The number of pyridine rings is 1. The third-order valence-electron chi connectivity index (χ3n) is 4.30. The maximum absolute atomic E-state index is 12.5. The van der Waals surface area contributed by atoms with E-state index in [1.165, 1.54) is 12.8 Å². The number of nitrogens with two attached hydrogens (primary N) is 1. The number of ether oxygens (including phenoxy) is 1. The van der Waals surface area contributed by atoms with Crippen LogP contribution in [0.25, 0.3) is 11.3 Å². The van der Waals surface area contributed by atoms with Gasteiger partial charge in [-0.25, -0.2) is 0 Å². The molecular formula is C18H22N2O2. The normalized spacial score (nSPS) is 15.1. The molecule has 1 heterocycles. The van der Waals surface area contributed by atoms with Crippen molar-refractivity contribution >= 4 is 5.69 Å². The minimum atomic E-state index is -0.0710. The first kappa shape index (κ1) is 14.7. The third kappa shape index (κ3) is 2.73. The molecule has 4 nitrogen and oxygen atoms in total. The predicted octanol–water partition coefficient (Wildman–Crippen LogP) is 3.61. The van der Waals surface area contributed by atoms with E-state index in [1.54, 1.807) is 6.07 Å². The summed E-state index contributed by atoms with van der Waals surface area (Å²) in [5.74, 6) is 0.844. The van der Waals surface area contributed by atoms with Crippen LogP contribution in [0.2, 0.25) is 0 Å². The lowest BCUT2D eigenvalue weighted by atomic mass is 10.1. The Kier molecular flexibility index (Phi) is 4.18. The van der Waals surface area contributed by atoms with Gasteiger partial charge in [0.1, 0.15) is 5.75 Å². The van der Waals surface area contributed by atoms with Crippen LogP contribution in [0.15, 0.2) is 41.2 Å². The maximum atomic E-state index is 12.5. The minimum Gasteiger partial charge on any atom is -0.494 e. The van der Waals surface area contributed by atoms with Crippen LogP contribution in [0.5, 0.6) is 5.75 Å². The van der Waals surface area contributed by atoms with Gasteiger partial charge in [0.25, 0.3) is 5.56 Å². The van der Waals surface area contributed by atoms with Crippen molar-refractivity contribution in [2.45, 2.75) is 38.6 Å². The van der Waals surface area contributed by atoms with Gasteiger partial charge < -0.3 is 15.0 Å². The Morgan fingerprint density at radius 3 is 2.45 bits per heavy atom. The van der Waals surface area contributed by atoms with Crippen LogP contribution in [-0.4, -0.2) is 11.2 Å². The summed E-state index contributed by atoms with van der Waals surface area (Å²) >= 11 is 0. The van der Waals surface area contributed by atoms with Gasteiger partial charge in [-0.05, 0) is 61.7 Å². The average molecular weight is 298 g/mol.